The number of nitrogens with zero attached hydrogens (tertiary/aromatic N) is 2. The van der Waals surface area contributed by atoms with Crippen molar-refractivity contribution < 1.29 is 24.3 Å². The second-order valence-electron chi connectivity index (χ2n) is 10.5. The van der Waals surface area contributed by atoms with Gasteiger partial charge in [0.2, 0.25) is 11.8 Å². The molecule has 0 bridgehead atoms. The molecule has 1 saturated carbocycles. The van der Waals surface area contributed by atoms with Crippen molar-refractivity contribution in [3.8, 4) is 0 Å². The molecule has 2 fully saturated rings. The van der Waals surface area contributed by atoms with Crippen LogP contribution in [0.1, 0.15) is 63.4 Å². The van der Waals surface area contributed by atoms with Gasteiger partial charge in [0.05, 0.1) is 18.2 Å². The van der Waals surface area contributed by atoms with Gasteiger partial charge < -0.3 is 26.4 Å². The predicted molar refractivity (Wildman–Crippen MR) is 127 cm³/mol. The molecule has 2 heterocycles. The lowest BCUT2D eigenvalue weighted by Gasteiger charge is -2.35. The van der Waals surface area contributed by atoms with E-state index >= 15 is 0 Å². The molecule has 0 spiro atoms. The van der Waals surface area contributed by atoms with Gasteiger partial charge in [-0.25, -0.2) is 4.98 Å². The Morgan fingerprint density at radius 1 is 1.03 bits per heavy atom. The first-order chi connectivity index (χ1) is 16.6. The topological polar surface area (TPSA) is 162 Å². The number of aliphatic carboxylic acids is 1. The Hall–Kier alpha value is -3.08. The Morgan fingerprint density at radius 3 is 2.34 bits per heavy atom. The summed E-state index contributed by atoms with van der Waals surface area (Å²) in [6, 6.07) is -2.33. The predicted octanol–water partition coefficient (Wildman–Crippen LogP) is 0.475. The summed E-state index contributed by atoms with van der Waals surface area (Å²) < 4.78 is 0. The summed E-state index contributed by atoms with van der Waals surface area (Å²) >= 11 is 0. The highest BCUT2D eigenvalue weighted by atomic mass is 16.4. The van der Waals surface area contributed by atoms with E-state index in [1.54, 1.807) is 0 Å². The number of carboxylic acid groups (broad SMARTS) is 1. The average Bonchev–Trinajstić information content (AvgIpc) is 3.29. The zero-order valence-corrected chi connectivity index (χ0v) is 20.5. The standard InChI is InChI=1S/C24H36N6O5/c1-24(2,3)19(22(33)28-16-12-26-11-15(16)23(34)35)30-21(32)18(14-7-5-4-6-8-14)29-20(31)17-13-25-9-10-27-17/h9-10,13-16,18-19,26H,4-8,11-12H2,1-3H3,(H,28,33)(H,29,31)(H,30,32)(H,34,35)/t15-,16+,18+,19-/m1/s1. The molecule has 3 amide bonds. The fourth-order valence-corrected chi connectivity index (χ4v) is 4.76. The van der Waals surface area contributed by atoms with E-state index in [1.165, 1.54) is 18.6 Å². The van der Waals surface area contributed by atoms with Crippen molar-refractivity contribution in [3.05, 3.63) is 24.3 Å². The van der Waals surface area contributed by atoms with Gasteiger partial charge in [0.1, 0.15) is 17.8 Å². The van der Waals surface area contributed by atoms with Crippen molar-refractivity contribution in [1.29, 1.82) is 0 Å². The van der Waals surface area contributed by atoms with Crippen LogP contribution in [0.15, 0.2) is 18.6 Å². The smallest absolute Gasteiger partial charge is 0.309 e. The van der Waals surface area contributed by atoms with Crippen molar-refractivity contribution in [2.75, 3.05) is 13.1 Å². The number of carbonyl (C=O) groups excluding carboxylic acids is 3. The number of nitrogens with one attached hydrogen (secondary N) is 4. The molecule has 35 heavy (non-hydrogen) atoms. The number of aromatic nitrogens is 2. The lowest BCUT2D eigenvalue weighted by atomic mass is 9.82. The maximum Gasteiger partial charge on any atom is 0.309 e. The number of hydrogen-bond donors (Lipinski definition) is 5. The van der Waals surface area contributed by atoms with E-state index in [1.807, 2.05) is 20.8 Å². The molecule has 192 valence electrons. The minimum Gasteiger partial charge on any atom is -0.481 e. The third kappa shape index (κ3) is 6.97. The molecule has 2 aliphatic rings. The van der Waals surface area contributed by atoms with Crippen LogP contribution >= 0.6 is 0 Å². The Morgan fingerprint density at radius 2 is 1.74 bits per heavy atom. The average molecular weight is 489 g/mol. The molecule has 5 N–H and O–H groups in total. The molecule has 1 aliphatic carbocycles. The molecule has 1 aromatic heterocycles. The fraction of sp³-hybridized carbons (Fsp3) is 0.667. The first-order valence-corrected chi connectivity index (χ1v) is 12.2. The molecule has 1 saturated heterocycles. The summed E-state index contributed by atoms with van der Waals surface area (Å²) in [6.07, 6.45) is 8.80. The van der Waals surface area contributed by atoms with Gasteiger partial charge in [-0.2, -0.15) is 0 Å². The van der Waals surface area contributed by atoms with Crippen LogP contribution in [0.25, 0.3) is 0 Å². The summed E-state index contributed by atoms with van der Waals surface area (Å²) in [5.41, 5.74) is -0.545. The summed E-state index contributed by atoms with van der Waals surface area (Å²) in [6.45, 7) is 6.09. The number of rotatable bonds is 8. The van der Waals surface area contributed by atoms with Gasteiger partial charge in [0.25, 0.3) is 5.91 Å². The third-order valence-corrected chi connectivity index (χ3v) is 6.76. The lowest BCUT2D eigenvalue weighted by Crippen LogP contribution is -2.61. The maximum atomic E-state index is 13.5. The molecule has 11 heteroatoms. The van der Waals surface area contributed by atoms with Crippen molar-refractivity contribution in [2.45, 2.75) is 71.0 Å². The van der Waals surface area contributed by atoms with Crippen LogP contribution in [0, 0.1) is 17.3 Å². The van der Waals surface area contributed by atoms with Crippen LogP contribution in [-0.2, 0) is 14.4 Å². The molecule has 0 aromatic carbocycles. The highest BCUT2D eigenvalue weighted by Crippen LogP contribution is 2.28. The van der Waals surface area contributed by atoms with Gasteiger partial charge in [-0.3, -0.25) is 24.2 Å². The van der Waals surface area contributed by atoms with Gasteiger partial charge in [-0.15, -0.1) is 0 Å². The van der Waals surface area contributed by atoms with Crippen LogP contribution < -0.4 is 21.3 Å². The second kappa shape index (κ2) is 11.6. The molecule has 0 unspecified atom stereocenters. The lowest BCUT2D eigenvalue weighted by molar-refractivity contribution is -0.142. The highest BCUT2D eigenvalue weighted by molar-refractivity contribution is 5.97. The largest absolute Gasteiger partial charge is 0.481 e. The van der Waals surface area contributed by atoms with Crippen molar-refractivity contribution in [1.82, 2.24) is 31.2 Å². The molecular weight excluding hydrogens is 452 g/mol. The van der Waals surface area contributed by atoms with E-state index in [2.05, 4.69) is 31.2 Å². The second-order valence-corrected chi connectivity index (χ2v) is 10.5. The normalized spacial score (nSPS) is 22.6. The van der Waals surface area contributed by atoms with Crippen molar-refractivity contribution >= 4 is 23.7 Å². The zero-order valence-electron chi connectivity index (χ0n) is 20.5. The molecule has 1 aliphatic heterocycles. The number of carboxylic acids is 1. The van der Waals surface area contributed by atoms with E-state index in [4.69, 9.17) is 0 Å². The Labute approximate surface area is 205 Å². The highest BCUT2D eigenvalue weighted by Gasteiger charge is 2.40. The zero-order chi connectivity index (χ0) is 25.6. The maximum absolute atomic E-state index is 13.5. The molecule has 0 radical (unpaired) electrons. The Bertz CT molecular complexity index is 913. The molecule has 3 rings (SSSR count). The van der Waals surface area contributed by atoms with Gasteiger partial charge in [-0.05, 0) is 24.2 Å². The quantitative estimate of drug-likeness (QED) is 0.353. The van der Waals surface area contributed by atoms with Crippen LogP contribution in [0.4, 0.5) is 0 Å². The minimum atomic E-state index is -0.985. The van der Waals surface area contributed by atoms with Crippen LogP contribution in [-0.4, -0.2) is 70.0 Å². The van der Waals surface area contributed by atoms with Gasteiger partial charge in [0, 0.05) is 25.5 Å². The van der Waals surface area contributed by atoms with E-state index in [9.17, 15) is 24.3 Å². The van der Waals surface area contributed by atoms with E-state index < -0.39 is 53.1 Å². The number of hydrogen-bond acceptors (Lipinski definition) is 7. The van der Waals surface area contributed by atoms with E-state index in [-0.39, 0.29) is 18.2 Å². The van der Waals surface area contributed by atoms with E-state index in [0.717, 1.165) is 32.1 Å². The van der Waals surface area contributed by atoms with Crippen LogP contribution in [0.5, 0.6) is 0 Å². The fourth-order valence-electron chi connectivity index (χ4n) is 4.76. The van der Waals surface area contributed by atoms with Gasteiger partial charge in [0.15, 0.2) is 0 Å². The summed E-state index contributed by atoms with van der Waals surface area (Å²) in [7, 11) is 0. The van der Waals surface area contributed by atoms with Gasteiger partial charge >= 0.3 is 5.97 Å². The molecular formula is C24H36N6O5. The van der Waals surface area contributed by atoms with Crippen molar-refractivity contribution in [3.63, 3.8) is 0 Å². The Kier molecular flexibility index (Phi) is 8.76. The molecule has 4 atom stereocenters. The first-order valence-electron chi connectivity index (χ1n) is 12.2. The monoisotopic (exact) mass is 488 g/mol. The first kappa shape index (κ1) is 26.5. The molecule has 1 aromatic rings. The SMILES string of the molecule is CC(C)(C)[C@H](NC(=O)[C@@H](NC(=O)c1cnccn1)C1CCCCC1)C(=O)N[C@H]1CNC[C@H]1C(=O)O. The summed E-state index contributed by atoms with van der Waals surface area (Å²) in [5, 5.41) is 20.9. The summed E-state index contributed by atoms with van der Waals surface area (Å²) in [4.78, 5) is 59.0. The van der Waals surface area contributed by atoms with Crippen LogP contribution in [0.3, 0.4) is 0 Å². The van der Waals surface area contributed by atoms with Crippen molar-refractivity contribution in [2.24, 2.45) is 17.3 Å². The third-order valence-electron chi connectivity index (χ3n) is 6.76. The Balaban J connectivity index is 1.76. The minimum absolute atomic E-state index is 0.0662. The number of amides is 3. The van der Waals surface area contributed by atoms with Crippen LogP contribution in [0.2, 0.25) is 0 Å². The number of carbonyl (C=O) groups is 4. The molecule has 11 nitrogen and oxygen atoms in total. The van der Waals surface area contributed by atoms with Gasteiger partial charge in [-0.1, -0.05) is 40.0 Å². The summed E-state index contributed by atoms with van der Waals surface area (Å²) in [5.74, 6) is -3.18. The van der Waals surface area contributed by atoms with E-state index in [0.29, 0.717) is 6.54 Å².